The maximum Gasteiger partial charge on any atom is 0.305 e. The number of rotatable bonds is 2. The second-order valence-electron chi connectivity index (χ2n) is 6.35. The Labute approximate surface area is 167 Å². The summed E-state index contributed by atoms with van der Waals surface area (Å²) in [4.78, 5) is 47.2. The number of fused-ring (bicyclic) bond motifs is 2. The molecule has 2 heterocycles. The number of benzene rings is 2. The minimum Gasteiger partial charge on any atom is -0.411 e. The quantitative estimate of drug-likeness (QED) is 0.631. The molecular formula is C20H12N2O4S2. The maximum atomic E-state index is 13.4. The summed E-state index contributed by atoms with van der Waals surface area (Å²) in [5.74, 6) is 4.78. The highest BCUT2D eigenvalue weighted by molar-refractivity contribution is 8.04. The van der Waals surface area contributed by atoms with Gasteiger partial charge in [-0.3, -0.25) is 14.4 Å². The SMILES string of the molecule is NOc1ccccc1C1C2=C(Sc3[nH]c(=O)sc31)C(=O)c1ccccc1C2=O. The van der Waals surface area contributed by atoms with Gasteiger partial charge in [-0.1, -0.05) is 65.6 Å². The van der Waals surface area contributed by atoms with Crippen molar-refractivity contribution in [2.75, 3.05) is 0 Å². The number of aromatic nitrogens is 1. The third-order valence-electron chi connectivity index (χ3n) is 4.87. The summed E-state index contributed by atoms with van der Waals surface area (Å²) < 4.78 is 0. The molecule has 28 heavy (non-hydrogen) atoms. The van der Waals surface area contributed by atoms with Crippen molar-refractivity contribution < 1.29 is 14.4 Å². The van der Waals surface area contributed by atoms with Gasteiger partial charge in [0.05, 0.1) is 20.7 Å². The van der Waals surface area contributed by atoms with Crippen LogP contribution in [-0.4, -0.2) is 16.6 Å². The fourth-order valence-electron chi connectivity index (χ4n) is 3.68. The molecule has 0 saturated heterocycles. The molecule has 0 spiro atoms. The zero-order valence-corrected chi connectivity index (χ0v) is 15.9. The molecule has 3 aromatic rings. The number of nitrogens with one attached hydrogen (secondary N) is 1. The molecule has 0 fully saturated rings. The number of hydrogen-bond donors (Lipinski definition) is 2. The van der Waals surface area contributed by atoms with Crippen molar-refractivity contribution in [3.63, 3.8) is 0 Å². The Kier molecular flexibility index (Phi) is 3.87. The van der Waals surface area contributed by atoms with Gasteiger partial charge in [-0.15, -0.1) is 0 Å². The zero-order chi connectivity index (χ0) is 19.4. The van der Waals surface area contributed by atoms with Gasteiger partial charge < -0.3 is 9.82 Å². The molecule has 1 aliphatic heterocycles. The van der Waals surface area contributed by atoms with Crippen LogP contribution < -0.4 is 15.6 Å². The molecule has 1 aliphatic carbocycles. The standard InChI is InChI=1S/C20H12N2O4S2/c21-26-12-8-4-3-7-11(12)13-14-15(23)9-5-1-2-6-10(9)16(24)17(14)27-19-18(13)28-20(25)22-19/h1-8,13H,21H2,(H,22,25). The van der Waals surface area contributed by atoms with Crippen LogP contribution in [-0.2, 0) is 0 Å². The molecule has 8 heteroatoms. The van der Waals surface area contributed by atoms with E-state index in [4.69, 9.17) is 10.7 Å². The van der Waals surface area contributed by atoms with Gasteiger partial charge >= 0.3 is 4.87 Å². The summed E-state index contributed by atoms with van der Waals surface area (Å²) in [7, 11) is 0. The molecule has 1 atom stereocenters. The summed E-state index contributed by atoms with van der Waals surface area (Å²) in [6, 6.07) is 13.8. The van der Waals surface area contributed by atoms with Gasteiger partial charge in [0.15, 0.2) is 11.5 Å². The van der Waals surface area contributed by atoms with Crippen molar-refractivity contribution in [3.8, 4) is 5.75 Å². The number of thioether (sulfide) groups is 1. The molecule has 0 bridgehead atoms. The smallest absolute Gasteiger partial charge is 0.305 e. The Morgan fingerprint density at radius 2 is 1.61 bits per heavy atom. The van der Waals surface area contributed by atoms with Crippen LogP contribution in [0, 0.1) is 0 Å². The molecule has 138 valence electrons. The highest BCUT2D eigenvalue weighted by Gasteiger charge is 2.43. The number of allylic oxidation sites excluding steroid dienone is 2. The summed E-state index contributed by atoms with van der Waals surface area (Å²) in [6.45, 7) is 0. The largest absolute Gasteiger partial charge is 0.411 e. The highest BCUT2D eigenvalue weighted by Crippen LogP contribution is 2.52. The number of hydrogen-bond acceptors (Lipinski definition) is 7. The number of Topliss-reactive ketones (excluding diaryl/α,β-unsaturated/α-hetero) is 2. The van der Waals surface area contributed by atoms with Crippen molar-refractivity contribution >= 4 is 34.7 Å². The van der Waals surface area contributed by atoms with Gasteiger partial charge in [-0.25, -0.2) is 0 Å². The Morgan fingerprint density at radius 1 is 0.929 bits per heavy atom. The third kappa shape index (κ3) is 2.35. The topological polar surface area (TPSA) is 102 Å². The Bertz CT molecular complexity index is 1250. The maximum absolute atomic E-state index is 13.4. The van der Waals surface area contributed by atoms with E-state index in [0.29, 0.717) is 42.8 Å². The van der Waals surface area contributed by atoms with Crippen LogP contribution >= 0.6 is 23.1 Å². The number of carbonyl (C=O) groups is 2. The van der Waals surface area contributed by atoms with Gasteiger partial charge in [0.1, 0.15) is 0 Å². The van der Waals surface area contributed by atoms with Crippen LogP contribution in [0.2, 0.25) is 0 Å². The minimum absolute atomic E-state index is 0.218. The van der Waals surface area contributed by atoms with Crippen molar-refractivity contribution in [3.05, 3.63) is 90.2 Å². The first-order valence-electron chi connectivity index (χ1n) is 8.39. The van der Waals surface area contributed by atoms with E-state index in [0.717, 1.165) is 23.1 Å². The lowest BCUT2D eigenvalue weighted by Crippen LogP contribution is -2.27. The van der Waals surface area contributed by atoms with Gasteiger partial charge in [-0.2, -0.15) is 5.90 Å². The normalized spacial score (nSPS) is 17.8. The molecule has 2 aromatic carbocycles. The lowest BCUT2D eigenvalue weighted by atomic mass is 9.79. The van der Waals surface area contributed by atoms with Gasteiger partial charge in [0, 0.05) is 22.3 Å². The first-order chi connectivity index (χ1) is 13.6. The van der Waals surface area contributed by atoms with E-state index in [1.807, 2.05) is 0 Å². The van der Waals surface area contributed by atoms with Crippen LogP contribution in [0.3, 0.4) is 0 Å². The van der Waals surface area contributed by atoms with E-state index < -0.39 is 5.92 Å². The lowest BCUT2D eigenvalue weighted by molar-refractivity contribution is 0.0977. The van der Waals surface area contributed by atoms with Crippen LogP contribution in [0.5, 0.6) is 5.75 Å². The third-order valence-corrected chi connectivity index (χ3v) is 7.08. The van der Waals surface area contributed by atoms with Crippen molar-refractivity contribution in [1.82, 2.24) is 4.98 Å². The van der Waals surface area contributed by atoms with Gasteiger partial charge in [-0.05, 0) is 6.07 Å². The second-order valence-corrected chi connectivity index (χ2v) is 8.38. The van der Waals surface area contributed by atoms with Gasteiger partial charge in [0.25, 0.3) is 0 Å². The predicted molar refractivity (Wildman–Crippen MR) is 106 cm³/mol. The number of carbonyl (C=O) groups excluding carboxylic acids is 2. The fraction of sp³-hybridized carbons (Fsp3) is 0.0500. The second kappa shape index (κ2) is 6.30. The number of thiazole rings is 1. The molecule has 0 saturated carbocycles. The number of ketones is 2. The predicted octanol–water partition coefficient (Wildman–Crippen LogP) is 3.26. The molecule has 2 aliphatic rings. The van der Waals surface area contributed by atoms with Crippen molar-refractivity contribution in [2.45, 2.75) is 10.9 Å². The Morgan fingerprint density at radius 3 is 2.36 bits per heavy atom. The van der Waals surface area contributed by atoms with Crippen molar-refractivity contribution in [1.29, 1.82) is 0 Å². The Hall–Kier alpha value is -2.94. The number of aromatic amines is 1. The van der Waals surface area contributed by atoms with E-state index in [-0.39, 0.29) is 16.4 Å². The van der Waals surface area contributed by atoms with E-state index in [9.17, 15) is 14.4 Å². The van der Waals surface area contributed by atoms with Crippen LogP contribution in [0.1, 0.15) is 37.1 Å². The number of para-hydroxylation sites is 1. The molecule has 5 rings (SSSR count). The monoisotopic (exact) mass is 408 g/mol. The summed E-state index contributed by atoms with van der Waals surface area (Å²) in [6.07, 6.45) is 0. The van der Waals surface area contributed by atoms with Crippen molar-refractivity contribution in [2.24, 2.45) is 5.90 Å². The first-order valence-corrected chi connectivity index (χ1v) is 10.0. The summed E-state index contributed by atoms with van der Waals surface area (Å²) in [5, 5.41) is 0.575. The number of H-pyrrole nitrogens is 1. The highest BCUT2D eigenvalue weighted by atomic mass is 32.2. The molecule has 0 radical (unpaired) electrons. The van der Waals surface area contributed by atoms with E-state index >= 15 is 0 Å². The van der Waals surface area contributed by atoms with E-state index in [1.165, 1.54) is 0 Å². The molecule has 3 N–H and O–H groups in total. The average molecular weight is 408 g/mol. The molecular weight excluding hydrogens is 396 g/mol. The van der Waals surface area contributed by atoms with E-state index in [2.05, 4.69) is 4.98 Å². The Balaban J connectivity index is 1.82. The van der Waals surface area contributed by atoms with E-state index in [1.54, 1.807) is 48.5 Å². The summed E-state index contributed by atoms with van der Waals surface area (Å²) in [5.41, 5.74) is 1.74. The molecule has 1 aromatic heterocycles. The summed E-state index contributed by atoms with van der Waals surface area (Å²) >= 11 is 2.17. The first kappa shape index (κ1) is 17.2. The number of nitrogens with two attached hydrogens (primary N) is 1. The fourth-order valence-corrected chi connectivity index (χ4v) is 5.95. The molecule has 0 amide bonds. The molecule has 1 unspecified atom stereocenters. The van der Waals surface area contributed by atoms with Crippen LogP contribution in [0.25, 0.3) is 0 Å². The van der Waals surface area contributed by atoms with Crippen LogP contribution in [0.15, 0.2) is 68.8 Å². The van der Waals surface area contributed by atoms with Gasteiger partial charge in [0.2, 0.25) is 5.78 Å². The average Bonchev–Trinajstić information content (AvgIpc) is 3.10. The van der Waals surface area contributed by atoms with Crippen LogP contribution in [0.4, 0.5) is 0 Å². The zero-order valence-electron chi connectivity index (χ0n) is 14.2. The molecule has 6 nitrogen and oxygen atoms in total. The lowest BCUT2D eigenvalue weighted by Gasteiger charge is -2.30. The minimum atomic E-state index is -0.611.